The molecule has 2 N–H and O–H groups in total. The molecule has 1 fully saturated rings. The lowest BCUT2D eigenvalue weighted by molar-refractivity contribution is -0.139. The summed E-state index contributed by atoms with van der Waals surface area (Å²) in [6.45, 7) is 3.55. The van der Waals surface area contributed by atoms with E-state index in [0.29, 0.717) is 23.6 Å². The summed E-state index contributed by atoms with van der Waals surface area (Å²) in [5.74, 6) is -0.763. The first-order valence-corrected chi connectivity index (χ1v) is 8.16. The number of carboxylic acids is 1. The molecule has 5 nitrogen and oxygen atoms in total. The molecule has 1 aromatic carbocycles. The molecule has 0 bridgehead atoms. The first-order valence-electron chi connectivity index (χ1n) is 7.78. The van der Waals surface area contributed by atoms with Gasteiger partial charge in [0, 0.05) is 0 Å². The number of halogens is 1. The minimum atomic E-state index is -0.900. The Kier molecular flexibility index (Phi) is 5.52. The number of nitrogens with one attached hydrogen (secondary N) is 1. The highest BCUT2D eigenvalue weighted by Gasteiger charge is 2.38. The average molecular weight is 340 g/mol. The van der Waals surface area contributed by atoms with E-state index < -0.39 is 17.6 Å². The maximum Gasteiger partial charge on any atom is 0.305 e. The highest BCUT2D eigenvalue weighted by molar-refractivity contribution is 6.32. The van der Waals surface area contributed by atoms with Crippen molar-refractivity contribution in [3.05, 3.63) is 28.8 Å². The smallest absolute Gasteiger partial charge is 0.305 e. The first-order chi connectivity index (χ1) is 10.8. The highest BCUT2D eigenvalue weighted by atomic mass is 35.5. The van der Waals surface area contributed by atoms with Crippen LogP contribution in [0.15, 0.2) is 18.2 Å². The van der Waals surface area contributed by atoms with Crippen LogP contribution in [0, 0.1) is 6.92 Å². The van der Waals surface area contributed by atoms with Crippen LogP contribution in [0.4, 0.5) is 0 Å². The Balaban J connectivity index is 2.04. The quantitative estimate of drug-likeness (QED) is 0.833. The molecule has 1 unspecified atom stereocenters. The van der Waals surface area contributed by atoms with Gasteiger partial charge in [-0.15, -0.1) is 0 Å². The predicted octanol–water partition coefficient (Wildman–Crippen LogP) is 3.32. The number of rotatable bonds is 6. The van der Waals surface area contributed by atoms with Crippen LogP contribution in [-0.2, 0) is 9.59 Å². The van der Waals surface area contributed by atoms with E-state index in [9.17, 15) is 9.59 Å². The van der Waals surface area contributed by atoms with Crippen molar-refractivity contribution in [1.82, 2.24) is 5.32 Å². The second-order valence-corrected chi connectivity index (χ2v) is 6.65. The van der Waals surface area contributed by atoms with E-state index in [1.807, 2.05) is 13.0 Å². The zero-order chi connectivity index (χ0) is 17.0. The number of carbonyl (C=O) groups is 2. The molecule has 126 valence electrons. The zero-order valence-electron chi connectivity index (χ0n) is 13.4. The first kappa shape index (κ1) is 17.6. The number of benzene rings is 1. The second kappa shape index (κ2) is 7.21. The fraction of sp³-hybridized carbons (Fsp3) is 0.529. The third-order valence-corrected chi connectivity index (χ3v) is 4.51. The molecule has 23 heavy (non-hydrogen) atoms. The van der Waals surface area contributed by atoms with Crippen molar-refractivity contribution in [2.24, 2.45) is 0 Å². The lowest BCUT2D eigenvalue weighted by Gasteiger charge is -2.30. The molecule has 0 aromatic heterocycles. The van der Waals surface area contributed by atoms with Gasteiger partial charge in [-0.1, -0.05) is 30.5 Å². The Labute approximate surface area is 141 Å². The number of amides is 1. The van der Waals surface area contributed by atoms with Crippen molar-refractivity contribution < 1.29 is 19.4 Å². The number of aliphatic carboxylic acids is 1. The summed E-state index contributed by atoms with van der Waals surface area (Å²) in [4.78, 5) is 23.5. The molecule has 1 amide bonds. The van der Waals surface area contributed by atoms with E-state index in [1.165, 1.54) is 0 Å². The number of hydrogen-bond donors (Lipinski definition) is 2. The molecular formula is C17H22ClNO4. The summed E-state index contributed by atoms with van der Waals surface area (Å²) in [5, 5.41) is 12.4. The molecule has 0 heterocycles. The van der Waals surface area contributed by atoms with E-state index in [2.05, 4.69) is 5.32 Å². The molecule has 6 heteroatoms. The van der Waals surface area contributed by atoms with E-state index in [-0.39, 0.29) is 12.3 Å². The van der Waals surface area contributed by atoms with Crippen molar-refractivity contribution in [3.63, 3.8) is 0 Å². The highest BCUT2D eigenvalue weighted by Crippen LogP contribution is 2.33. The standard InChI is InChI=1S/C17H22ClNO4/c1-11-5-6-13(18)14(9-11)23-12(2)16(22)19-17(10-15(20)21)7-3-4-8-17/h5-6,9,12H,3-4,7-8,10H2,1-2H3,(H,19,22)(H,20,21). The lowest BCUT2D eigenvalue weighted by Crippen LogP contribution is -2.51. The van der Waals surface area contributed by atoms with Gasteiger partial charge in [0.15, 0.2) is 6.10 Å². The van der Waals surface area contributed by atoms with E-state index >= 15 is 0 Å². The van der Waals surface area contributed by atoms with Crippen LogP contribution in [0.5, 0.6) is 5.75 Å². The van der Waals surface area contributed by atoms with Gasteiger partial charge < -0.3 is 15.2 Å². The Hall–Kier alpha value is -1.75. The van der Waals surface area contributed by atoms with Crippen LogP contribution in [0.1, 0.15) is 44.6 Å². The minimum Gasteiger partial charge on any atom is -0.481 e. The fourth-order valence-electron chi connectivity index (χ4n) is 3.00. The predicted molar refractivity (Wildman–Crippen MR) is 87.9 cm³/mol. The van der Waals surface area contributed by atoms with Crippen molar-refractivity contribution in [3.8, 4) is 5.75 Å². The molecular weight excluding hydrogens is 318 g/mol. The molecule has 0 radical (unpaired) electrons. The van der Waals surface area contributed by atoms with Gasteiger partial charge in [0.1, 0.15) is 5.75 Å². The van der Waals surface area contributed by atoms with Crippen molar-refractivity contribution >= 4 is 23.5 Å². The molecule has 2 rings (SSSR count). The molecule has 0 aliphatic heterocycles. The number of hydrogen-bond acceptors (Lipinski definition) is 3. The average Bonchev–Trinajstić information content (AvgIpc) is 2.90. The number of ether oxygens (including phenoxy) is 1. The zero-order valence-corrected chi connectivity index (χ0v) is 14.2. The molecule has 0 saturated heterocycles. The molecule has 1 atom stereocenters. The second-order valence-electron chi connectivity index (χ2n) is 6.24. The molecule has 1 aliphatic rings. The van der Waals surface area contributed by atoms with Gasteiger partial charge in [-0.05, 0) is 44.4 Å². The third-order valence-electron chi connectivity index (χ3n) is 4.20. The summed E-state index contributed by atoms with van der Waals surface area (Å²) in [5.41, 5.74) is 0.326. The Bertz CT molecular complexity index is 596. The largest absolute Gasteiger partial charge is 0.481 e. The van der Waals surface area contributed by atoms with Crippen molar-refractivity contribution in [2.45, 2.75) is 57.6 Å². The van der Waals surface area contributed by atoms with Gasteiger partial charge in [0.25, 0.3) is 5.91 Å². The van der Waals surface area contributed by atoms with Crippen LogP contribution >= 0.6 is 11.6 Å². The molecule has 1 saturated carbocycles. The minimum absolute atomic E-state index is 0.0589. The van der Waals surface area contributed by atoms with Crippen LogP contribution in [0.3, 0.4) is 0 Å². The Morgan fingerprint density at radius 1 is 1.39 bits per heavy atom. The van der Waals surface area contributed by atoms with E-state index in [0.717, 1.165) is 18.4 Å². The third kappa shape index (κ3) is 4.61. The monoisotopic (exact) mass is 339 g/mol. The van der Waals surface area contributed by atoms with Crippen molar-refractivity contribution in [1.29, 1.82) is 0 Å². The van der Waals surface area contributed by atoms with Crippen LogP contribution in [-0.4, -0.2) is 28.6 Å². The van der Waals surface area contributed by atoms with Crippen molar-refractivity contribution in [2.75, 3.05) is 0 Å². The maximum absolute atomic E-state index is 12.4. The van der Waals surface area contributed by atoms with Crippen LogP contribution in [0.2, 0.25) is 5.02 Å². The number of carbonyl (C=O) groups excluding carboxylic acids is 1. The van der Waals surface area contributed by atoms with Gasteiger partial charge in [-0.2, -0.15) is 0 Å². The normalized spacial score (nSPS) is 17.5. The fourth-order valence-corrected chi connectivity index (χ4v) is 3.16. The summed E-state index contributed by atoms with van der Waals surface area (Å²) in [6, 6.07) is 5.36. The van der Waals surface area contributed by atoms with Gasteiger partial charge >= 0.3 is 5.97 Å². The summed E-state index contributed by atoms with van der Waals surface area (Å²) in [7, 11) is 0. The van der Waals surface area contributed by atoms with E-state index in [4.69, 9.17) is 21.4 Å². The maximum atomic E-state index is 12.4. The van der Waals surface area contributed by atoms with Crippen LogP contribution < -0.4 is 10.1 Å². The summed E-state index contributed by atoms with van der Waals surface area (Å²) >= 11 is 6.08. The Morgan fingerprint density at radius 3 is 2.65 bits per heavy atom. The number of aryl methyl sites for hydroxylation is 1. The Morgan fingerprint density at radius 2 is 2.04 bits per heavy atom. The SMILES string of the molecule is Cc1ccc(Cl)c(OC(C)C(=O)NC2(CC(=O)O)CCCC2)c1. The lowest BCUT2D eigenvalue weighted by atomic mass is 9.93. The molecule has 0 spiro atoms. The van der Waals surface area contributed by atoms with Gasteiger partial charge in [0.05, 0.1) is 17.0 Å². The molecule has 1 aromatic rings. The summed E-state index contributed by atoms with van der Waals surface area (Å²) in [6.07, 6.45) is 2.40. The van der Waals surface area contributed by atoms with E-state index in [1.54, 1.807) is 19.1 Å². The number of carboxylic acid groups (broad SMARTS) is 1. The van der Waals surface area contributed by atoms with Gasteiger partial charge in [0.2, 0.25) is 0 Å². The molecule has 1 aliphatic carbocycles. The summed E-state index contributed by atoms with van der Waals surface area (Å²) < 4.78 is 5.66. The van der Waals surface area contributed by atoms with Gasteiger partial charge in [-0.25, -0.2) is 0 Å². The van der Waals surface area contributed by atoms with Gasteiger partial charge in [-0.3, -0.25) is 9.59 Å². The van der Waals surface area contributed by atoms with Crippen LogP contribution in [0.25, 0.3) is 0 Å². The topological polar surface area (TPSA) is 75.6 Å².